The first kappa shape index (κ1) is 26.8. The molecular formula is C30H42N6O2. The standard InChI is InChI=1S/C30H42N6O2/c1-20-17-22(13-15-31-20)28-25-18-23(9-11-26(25)33-34-28)29(37)32-24-10-12-27(30(38)35(2)3)36(19-24)16-14-21-7-5-4-6-8-21/h4-8,13,15,17,23-28,33-34H,9-12,14,16,18-19H2,1-3H3,(H,32,37)/t23?,24-,25?,26?,27+,28?/m1/s1. The van der Waals surface area contributed by atoms with Gasteiger partial charge in [-0.3, -0.25) is 24.9 Å². The molecule has 2 aromatic rings. The number of piperidine rings is 1. The van der Waals surface area contributed by atoms with Crippen molar-refractivity contribution in [1.82, 2.24) is 31.0 Å². The van der Waals surface area contributed by atoms with Crippen molar-refractivity contribution in [2.75, 3.05) is 27.2 Å². The largest absolute Gasteiger partial charge is 0.352 e. The van der Waals surface area contributed by atoms with Gasteiger partial charge < -0.3 is 10.2 Å². The topological polar surface area (TPSA) is 89.6 Å². The molecule has 1 aromatic carbocycles. The van der Waals surface area contributed by atoms with Gasteiger partial charge in [-0.25, -0.2) is 5.43 Å². The number of benzene rings is 1. The molecule has 2 amide bonds. The van der Waals surface area contributed by atoms with Gasteiger partial charge in [0.25, 0.3) is 0 Å². The van der Waals surface area contributed by atoms with Crippen molar-refractivity contribution < 1.29 is 9.59 Å². The fourth-order valence-electron chi connectivity index (χ4n) is 6.61. The molecule has 204 valence electrons. The molecule has 38 heavy (non-hydrogen) atoms. The molecule has 6 atom stereocenters. The predicted molar refractivity (Wildman–Crippen MR) is 148 cm³/mol. The molecular weight excluding hydrogens is 476 g/mol. The number of nitrogens with one attached hydrogen (secondary N) is 3. The lowest BCUT2D eigenvalue weighted by atomic mass is 9.74. The molecule has 0 spiro atoms. The minimum absolute atomic E-state index is 0.0160. The molecule has 1 aliphatic carbocycles. The number of fused-ring (bicyclic) bond motifs is 1. The summed E-state index contributed by atoms with van der Waals surface area (Å²) in [7, 11) is 3.66. The van der Waals surface area contributed by atoms with Crippen molar-refractivity contribution in [3.05, 3.63) is 65.5 Å². The summed E-state index contributed by atoms with van der Waals surface area (Å²) in [6, 6.07) is 15.2. The molecule has 2 aliphatic heterocycles. The van der Waals surface area contributed by atoms with Crippen molar-refractivity contribution in [2.24, 2.45) is 11.8 Å². The van der Waals surface area contributed by atoms with E-state index in [1.807, 2.05) is 33.3 Å². The van der Waals surface area contributed by atoms with Crippen LogP contribution in [0.4, 0.5) is 0 Å². The lowest BCUT2D eigenvalue weighted by molar-refractivity contribution is -0.136. The van der Waals surface area contributed by atoms with Gasteiger partial charge in [0.1, 0.15) is 0 Å². The van der Waals surface area contributed by atoms with E-state index in [2.05, 4.69) is 62.5 Å². The van der Waals surface area contributed by atoms with Gasteiger partial charge in [0.15, 0.2) is 0 Å². The molecule has 4 unspecified atom stereocenters. The van der Waals surface area contributed by atoms with Gasteiger partial charge in [-0.1, -0.05) is 30.3 Å². The minimum atomic E-state index is -0.127. The average molecular weight is 519 g/mol. The van der Waals surface area contributed by atoms with Crippen LogP contribution in [0.5, 0.6) is 0 Å². The van der Waals surface area contributed by atoms with Crippen LogP contribution in [-0.2, 0) is 16.0 Å². The maximum Gasteiger partial charge on any atom is 0.239 e. The highest BCUT2D eigenvalue weighted by atomic mass is 16.2. The number of aryl methyl sites for hydroxylation is 1. The maximum absolute atomic E-state index is 13.5. The van der Waals surface area contributed by atoms with Crippen molar-refractivity contribution in [3.63, 3.8) is 0 Å². The molecule has 3 fully saturated rings. The van der Waals surface area contributed by atoms with E-state index in [0.717, 1.165) is 50.8 Å². The Balaban J connectivity index is 1.21. The Hall–Kier alpha value is -2.81. The summed E-state index contributed by atoms with van der Waals surface area (Å²) < 4.78 is 0. The molecule has 1 saturated carbocycles. The summed E-state index contributed by atoms with van der Waals surface area (Å²) in [4.78, 5) is 34.8. The van der Waals surface area contributed by atoms with Crippen LogP contribution in [-0.4, -0.2) is 71.9 Å². The van der Waals surface area contributed by atoms with E-state index in [0.29, 0.717) is 18.5 Å². The van der Waals surface area contributed by atoms with Crippen LogP contribution in [0.3, 0.4) is 0 Å². The Morgan fingerprint density at radius 1 is 1.08 bits per heavy atom. The zero-order chi connectivity index (χ0) is 26.6. The third-order valence-electron chi connectivity index (χ3n) is 8.69. The molecule has 3 N–H and O–H groups in total. The molecule has 3 aliphatic rings. The number of carbonyl (C=O) groups is 2. The Labute approximate surface area is 226 Å². The van der Waals surface area contributed by atoms with Crippen LogP contribution in [0.1, 0.15) is 55.0 Å². The van der Waals surface area contributed by atoms with E-state index in [-0.39, 0.29) is 35.9 Å². The van der Waals surface area contributed by atoms with E-state index in [4.69, 9.17) is 0 Å². The number of nitrogens with zero attached hydrogens (tertiary/aromatic N) is 3. The SMILES string of the molecule is Cc1cc(C2NNC3CCC(C(=O)N[C@@H]4CC[C@@H](C(=O)N(C)C)N(CCc5ccccc5)C4)CC32)ccn1. The highest BCUT2D eigenvalue weighted by molar-refractivity contribution is 5.82. The van der Waals surface area contributed by atoms with E-state index in [1.165, 1.54) is 11.1 Å². The lowest BCUT2D eigenvalue weighted by Crippen LogP contribution is -2.57. The summed E-state index contributed by atoms with van der Waals surface area (Å²) in [5.41, 5.74) is 10.5. The second-order valence-electron chi connectivity index (χ2n) is 11.5. The third kappa shape index (κ3) is 6.08. The number of pyridine rings is 1. The summed E-state index contributed by atoms with van der Waals surface area (Å²) in [5.74, 6) is 0.713. The Morgan fingerprint density at radius 3 is 2.66 bits per heavy atom. The van der Waals surface area contributed by atoms with E-state index >= 15 is 0 Å². The molecule has 3 heterocycles. The van der Waals surface area contributed by atoms with E-state index in [9.17, 15) is 9.59 Å². The van der Waals surface area contributed by atoms with Crippen molar-refractivity contribution in [1.29, 1.82) is 0 Å². The Bertz CT molecular complexity index is 1110. The summed E-state index contributed by atoms with van der Waals surface area (Å²) in [6.45, 7) is 3.53. The number of hydrogen-bond acceptors (Lipinski definition) is 6. The van der Waals surface area contributed by atoms with Gasteiger partial charge in [0.2, 0.25) is 11.8 Å². The van der Waals surface area contributed by atoms with Crippen LogP contribution in [0.25, 0.3) is 0 Å². The van der Waals surface area contributed by atoms with Gasteiger partial charge in [0, 0.05) is 57.1 Å². The van der Waals surface area contributed by atoms with Gasteiger partial charge in [-0.05, 0) is 74.6 Å². The highest BCUT2D eigenvalue weighted by Gasteiger charge is 2.43. The number of rotatable bonds is 7. The summed E-state index contributed by atoms with van der Waals surface area (Å²) >= 11 is 0. The zero-order valence-corrected chi connectivity index (χ0v) is 22.9. The zero-order valence-electron chi connectivity index (χ0n) is 22.9. The smallest absolute Gasteiger partial charge is 0.239 e. The van der Waals surface area contributed by atoms with Crippen LogP contribution < -0.4 is 16.2 Å². The first-order valence-corrected chi connectivity index (χ1v) is 14.1. The van der Waals surface area contributed by atoms with Crippen molar-refractivity contribution in [3.8, 4) is 0 Å². The first-order valence-electron chi connectivity index (χ1n) is 14.1. The summed E-state index contributed by atoms with van der Waals surface area (Å²) in [6.07, 6.45) is 7.12. The highest BCUT2D eigenvalue weighted by Crippen LogP contribution is 2.40. The Morgan fingerprint density at radius 2 is 1.89 bits per heavy atom. The normalized spacial score (nSPS) is 29.4. The molecule has 5 rings (SSSR count). The van der Waals surface area contributed by atoms with Crippen LogP contribution >= 0.6 is 0 Å². The summed E-state index contributed by atoms with van der Waals surface area (Å²) in [5, 5.41) is 3.39. The molecule has 8 nitrogen and oxygen atoms in total. The molecule has 0 radical (unpaired) electrons. The Kier molecular flexibility index (Phi) is 8.41. The number of amides is 2. The average Bonchev–Trinajstić information content (AvgIpc) is 3.35. The number of hydrogen-bond donors (Lipinski definition) is 3. The third-order valence-corrected chi connectivity index (χ3v) is 8.69. The van der Waals surface area contributed by atoms with E-state index < -0.39 is 0 Å². The van der Waals surface area contributed by atoms with E-state index in [1.54, 1.807) is 4.90 Å². The van der Waals surface area contributed by atoms with Gasteiger partial charge in [-0.2, -0.15) is 0 Å². The van der Waals surface area contributed by atoms with Gasteiger partial charge in [0.05, 0.1) is 12.1 Å². The number of likely N-dealkylation sites (N-methyl/N-ethyl adjacent to an activating group) is 1. The number of likely N-dealkylation sites (tertiary alicyclic amines) is 1. The van der Waals surface area contributed by atoms with Crippen LogP contribution in [0, 0.1) is 18.8 Å². The second-order valence-corrected chi connectivity index (χ2v) is 11.5. The fraction of sp³-hybridized carbons (Fsp3) is 0.567. The minimum Gasteiger partial charge on any atom is -0.352 e. The molecule has 8 heteroatoms. The molecule has 2 saturated heterocycles. The van der Waals surface area contributed by atoms with Gasteiger partial charge >= 0.3 is 0 Å². The maximum atomic E-state index is 13.5. The van der Waals surface area contributed by atoms with Crippen LogP contribution in [0.15, 0.2) is 48.7 Å². The fourth-order valence-corrected chi connectivity index (χ4v) is 6.61. The first-order chi connectivity index (χ1) is 18.4. The number of carbonyl (C=O) groups excluding carboxylic acids is 2. The number of aromatic nitrogens is 1. The van der Waals surface area contributed by atoms with Crippen molar-refractivity contribution >= 4 is 11.8 Å². The monoisotopic (exact) mass is 518 g/mol. The quantitative estimate of drug-likeness (QED) is 0.522. The predicted octanol–water partition coefficient (Wildman–Crippen LogP) is 2.60. The van der Waals surface area contributed by atoms with Crippen molar-refractivity contribution in [2.45, 2.75) is 69.6 Å². The van der Waals surface area contributed by atoms with Gasteiger partial charge in [-0.15, -0.1) is 0 Å². The lowest BCUT2D eigenvalue weighted by Gasteiger charge is -2.41. The van der Waals surface area contributed by atoms with Crippen LogP contribution in [0.2, 0.25) is 0 Å². The number of hydrazine groups is 1. The molecule has 0 bridgehead atoms. The second kappa shape index (κ2) is 11.9. The molecule has 1 aromatic heterocycles.